The molecular formula is C21H30N2O2. The molecule has 3 aliphatic rings. The van der Waals surface area contributed by atoms with Gasteiger partial charge in [0.05, 0.1) is 6.10 Å². The molecule has 1 aromatic rings. The van der Waals surface area contributed by atoms with Crippen LogP contribution in [0.3, 0.4) is 0 Å². The first-order valence-corrected chi connectivity index (χ1v) is 9.89. The number of aryl methyl sites for hydroxylation is 1. The van der Waals surface area contributed by atoms with Gasteiger partial charge in [-0.05, 0) is 62.5 Å². The van der Waals surface area contributed by atoms with Crippen LogP contribution in [0.4, 0.5) is 4.79 Å². The fraction of sp³-hybridized carbons (Fsp3) is 0.667. The van der Waals surface area contributed by atoms with Crippen LogP contribution in [0.15, 0.2) is 24.3 Å². The van der Waals surface area contributed by atoms with Crippen LogP contribution >= 0.6 is 0 Å². The Morgan fingerprint density at radius 2 is 2.24 bits per heavy atom. The maximum Gasteiger partial charge on any atom is 0.317 e. The molecule has 4 nitrogen and oxygen atoms in total. The molecule has 136 valence electrons. The molecule has 2 aliphatic carbocycles. The summed E-state index contributed by atoms with van der Waals surface area (Å²) in [5.41, 5.74) is 3.37. The first-order chi connectivity index (χ1) is 12.1. The highest BCUT2D eigenvalue weighted by atomic mass is 16.3. The number of likely N-dealkylation sites (tertiary alicyclic amines) is 1. The quantitative estimate of drug-likeness (QED) is 0.887. The highest BCUT2D eigenvalue weighted by Crippen LogP contribution is 2.59. The zero-order chi connectivity index (χ0) is 17.4. The molecule has 1 spiro atoms. The molecule has 4 heteroatoms. The number of benzene rings is 1. The number of rotatable bonds is 3. The Balaban J connectivity index is 1.34. The predicted molar refractivity (Wildman–Crippen MR) is 98.5 cm³/mol. The summed E-state index contributed by atoms with van der Waals surface area (Å²) in [5.74, 6) is 0.798. The van der Waals surface area contributed by atoms with Crippen molar-refractivity contribution in [3.8, 4) is 0 Å². The van der Waals surface area contributed by atoms with Crippen molar-refractivity contribution in [1.29, 1.82) is 0 Å². The number of fused-ring (bicyclic) bond motifs is 2. The van der Waals surface area contributed by atoms with Gasteiger partial charge in [-0.3, -0.25) is 0 Å². The standard InChI is InChI=1S/C21H30N2O2/c1-15(24)17-8-5-11-23(14-17)20(25)22-13-18-12-21(18)10-4-7-16-6-2-3-9-19(16)21/h2-3,6,9,15,17-18,24H,4-5,7-8,10-14H2,1H3,(H,22,25). The van der Waals surface area contributed by atoms with E-state index in [1.54, 1.807) is 0 Å². The van der Waals surface area contributed by atoms with Crippen LogP contribution in [-0.4, -0.2) is 41.8 Å². The molecule has 1 heterocycles. The Morgan fingerprint density at radius 3 is 3.08 bits per heavy atom. The summed E-state index contributed by atoms with van der Waals surface area (Å²) < 4.78 is 0. The van der Waals surface area contributed by atoms with Gasteiger partial charge in [0, 0.05) is 31.0 Å². The second-order valence-electron chi connectivity index (χ2n) is 8.34. The lowest BCUT2D eigenvalue weighted by Gasteiger charge is -2.34. The summed E-state index contributed by atoms with van der Waals surface area (Å²) in [6.45, 7) is 4.11. The SMILES string of the molecule is CC(O)C1CCCN(C(=O)NCC2CC23CCCc2ccccc23)C1. The largest absolute Gasteiger partial charge is 0.393 e. The number of carbonyl (C=O) groups excluding carboxylic acids is 1. The van der Waals surface area contributed by atoms with Gasteiger partial charge in [-0.25, -0.2) is 4.79 Å². The summed E-state index contributed by atoms with van der Waals surface area (Å²) in [5, 5.41) is 13.0. The summed E-state index contributed by atoms with van der Waals surface area (Å²) in [7, 11) is 0. The van der Waals surface area contributed by atoms with Crippen LogP contribution in [0.5, 0.6) is 0 Å². The van der Waals surface area contributed by atoms with Crippen molar-refractivity contribution in [2.45, 2.75) is 57.0 Å². The fourth-order valence-corrected chi connectivity index (χ4v) is 5.15. The smallest absolute Gasteiger partial charge is 0.317 e. The third-order valence-corrected chi connectivity index (χ3v) is 6.78. The molecule has 4 atom stereocenters. The van der Waals surface area contributed by atoms with E-state index in [0.717, 1.165) is 25.9 Å². The zero-order valence-electron chi connectivity index (χ0n) is 15.2. The molecule has 0 radical (unpaired) electrons. The van der Waals surface area contributed by atoms with Gasteiger partial charge in [0.25, 0.3) is 0 Å². The Kier molecular flexibility index (Phi) is 4.48. The van der Waals surface area contributed by atoms with Crippen molar-refractivity contribution in [3.05, 3.63) is 35.4 Å². The van der Waals surface area contributed by atoms with Gasteiger partial charge in [0.1, 0.15) is 0 Å². The summed E-state index contributed by atoms with van der Waals surface area (Å²) in [4.78, 5) is 14.4. The number of nitrogens with zero attached hydrogens (tertiary/aromatic N) is 1. The third-order valence-electron chi connectivity index (χ3n) is 6.78. The fourth-order valence-electron chi connectivity index (χ4n) is 5.15. The van der Waals surface area contributed by atoms with E-state index in [0.29, 0.717) is 17.9 Å². The number of hydrogen-bond acceptors (Lipinski definition) is 2. The Morgan fingerprint density at radius 1 is 1.40 bits per heavy atom. The molecule has 0 bridgehead atoms. The van der Waals surface area contributed by atoms with E-state index in [2.05, 4.69) is 29.6 Å². The van der Waals surface area contributed by atoms with E-state index in [9.17, 15) is 9.90 Å². The van der Waals surface area contributed by atoms with E-state index in [1.807, 2.05) is 11.8 Å². The minimum absolute atomic E-state index is 0.0523. The van der Waals surface area contributed by atoms with E-state index in [-0.39, 0.29) is 18.1 Å². The average molecular weight is 342 g/mol. The molecule has 1 saturated carbocycles. The second kappa shape index (κ2) is 6.64. The second-order valence-corrected chi connectivity index (χ2v) is 8.34. The van der Waals surface area contributed by atoms with Gasteiger partial charge in [-0.2, -0.15) is 0 Å². The number of carbonyl (C=O) groups is 1. The number of piperidine rings is 1. The Hall–Kier alpha value is -1.55. The maximum absolute atomic E-state index is 12.5. The lowest BCUT2D eigenvalue weighted by molar-refractivity contribution is 0.0738. The first-order valence-electron chi connectivity index (χ1n) is 9.89. The average Bonchev–Trinajstić information content (AvgIpc) is 3.33. The predicted octanol–water partition coefficient (Wildman–Crippen LogP) is 3.08. The van der Waals surface area contributed by atoms with E-state index < -0.39 is 0 Å². The van der Waals surface area contributed by atoms with Gasteiger partial charge in [0.2, 0.25) is 0 Å². The molecule has 2 fully saturated rings. The van der Waals surface area contributed by atoms with Crippen LogP contribution in [0.25, 0.3) is 0 Å². The van der Waals surface area contributed by atoms with Crippen LogP contribution < -0.4 is 5.32 Å². The number of hydrogen-bond donors (Lipinski definition) is 2. The van der Waals surface area contributed by atoms with Gasteiger partial charge in [-0.15, -0.1) is 0 Å². The highest BCUT2D eigenvalue weighted by molar-refractivity contribution is 5.74. The Bertz CT molecular complexity index is 645. The molecule has 1 aliphatic heterocycles. The summed E-state index contributed by atoms with van der Waals surface area (Å²) in [6.07, 6.45) is 6.61. The number of urea groups is 1. The molecule has 25 heavy (non-hydrogen) atoms. The Labute approximate surface area is 150 Å². The summed E-state index contributed by atoms with van der Waals surface area (Å²) >= 11 is 0. The highest BCUT2D eigenvalue weighted by Gasteiger charge is 2.56. The summed E-state index contributed by atoms with van der Waals surface area (Å²) in [6, 6.07) is 8.93. The van der Waals surface area contributed by atoms with Crippen molar-refractivity contribution in [3.63, 3.8) is 0 Å². The molecule has 1 saturated heterocycles. The maximum atomic E-state index is 12.5. The molecule has 2 N–H and O–H groups in total. The van der Waals surface area contributed by atoms with E-state index >= 15 is 0 Å². The van der Waals surface area contributed by atoms with Gasteiger partial charge >= 0.3 is 6.03 Å². The number of amides is 2. The molecule has 4 unspecified atom stereocenters. The first kappa shape index (κ1) is 16.9. The normalized spacial score (nSPS) is 32.2. The van der Waals surface area contributed by atoms with Gasteiger partial charge in [0.15, 0.2) is 0 Å². The van der Waals surface area contributed by atoms with Crippen molar-refractivity contribution < 1.29 is 9.90 Å². The molecule has 4 rings (SSSR count). The van der Waals surface area contributed by atoms with Crippen molar-refractivity contribution in [2.75, 3.05) is 19.6 Å². The minimum atomic E-state index is -0.332. The lowest BCUT2D eigenvalue weighted by atomic mass is 9.78. The van der Waals surface area contributed by atoms with Crippen molar-refractivity contribution in [1.82, 2.24) is 10.2 Å². The van der Waals surface area contributed by atoms with Crippen molar-refractivity contribution >= 4 is 6.03 Å². The van der Waals surface area contributed by atoms with Crippen LogP contribution in [0.2, 0.25) is 0 Å². The van der Waals surface area contributed by atoms with Crippen LogP contribution in [-0.2, 0) is 11.8 Å². The zero-order valence-corrected chi connectivity index (χ0v) is 15.2. The minimum Gasteiger partial charge on any atom is -0.393 e. The number of nitrogens with one attached hydrogen (secondary N) is 1. The molecule has 1 aromatic carbocycles. The molecule has 0 aromatic heterocycles. The van der Waals surface area contributed by atoms with Gasteiger partial charge < -0.3 is 15.3 Å². The molecular weight excluding hydrogens is 312 g/mol. The number of aliphatic hydroxyl groups is 1. The molecule has 2 amide bonds. The topological polar surface area (TPSA) is 52.6 Å². The monoisotopic (exact) mass is 342 g/mol. The van der Waals surface area contributed by atoms with Gasteiger partial charge in [-0.1, -0.05) is 24.3 Å². The van der Waals surface area contributed by atoms with Crippen LogP contribution in [0, 0.1) is 11.8 Å². The van der Waals surface area contributed by atoms with Crippen LogP contribution in [0.1, 0.15) is 50.2 Å². The third kappa shape index (κ3) is 3.17. The van der Waals surface area contributed by atoms with E-state index in [4.69, 9.17) is 0 Å². The number of aliphatic hydroxyl groups excluding tert-OH is 1. The van der Waals surface area contributed by atoms with Crippen molar-refractivity contribution in [2.24, 2.45) is 11.8 Å². The van der Waals surface area contributed by atoms with E-state index in [1.165, 1.54) is 36.8 Å². The lowest BCUT2D eigenvalue weighted by Crippen LogP contribution is -2.48.